The molecule has 0 saturated heterocycles. The number of rotatable bonds is 14. The quantitative estimate of drug-likeness (QED) is 0.135. The summed E-state index contributed by atoms with van der Waals surface area (Å²) in [4.78, 5) is 68.5. The Kier molecular flexibility index (Phi) is 15.3. The standard InChI is InChI=1S/C35H50N4O7S2/c1-21(2)25(36-32(43)45-34(5,6)7)28(41)38-30(47-23-17-13-11-14-18-23)27(40)31(48-24-19-15-12-16-20-24)39-29(42)26(22(3)4)37-33(44)46-35(8,9)10/h11-22,25-26,30-31H,1-10H3,(H,36,43)(H,37,44)(H,38,41)(H,39,42)/t25-,26-,30?,31?/m0/s1. The van der Waals surface area contributed by atoms with Crippen LogP contribution >= 0.6 is 23.5 Å². The van der Waals surface area contributed by atoms with Crippen LogP contribution in [0.25, 0.3) is 0 Å². The Morgan fingerprint density at radius 3 is 1.12 bits per heavy atom. The molecular weight excluding hydrogens is 653 g/mol. The molecule has 11 nitrogen and oxygen atoms in total. The topological polar surface area (TPSA) is 152 Å². The van der Waals surface area contributed by atoms with Gasteiger partial charge in [-0.25, -0.2) is 9.59 Å². The summed E-state index contributed by atoms with van der Waals surface area (Å²) >= 11 is 2.20. The highest BCUT2D eigenvalue weighted by Crippen LogP contribution is 2.29. The number of benzene rings is 2. The summed E-state index contributed by atoms with van der Waals surface area (Å²) in [5.74, 6) is -2.41. The second kappa shape index (κ2) is 18.2. The van der Waals surface area contributed by atoms with Gasteiger partial charge in [0.25, 0.3) is 0 Å². The first kappa shape index (κ1) is 40.5. The van der Waals surface area contributed by atoms with E-state index in [1.165, 1.54) is 0 Å². The Morgan fingerprint density at radius 1 is 0.542 bits per heavy atom. The number of Topliss-reactive ketones (excluding diaryl/α,β-unsaturated/α-hetero) is 1. The summed E-state index contributed by atoms with van der Waals surface area (Å²) in [6.45, 7) is 17.4. The first-order valence-electron chi connectivity index (χ1n) is 15.8. The normalized spacial score (nSPS) is 14.2. The van der Waals surface area contributed by atoms with Crippen LogP contribution in [0.15, 0.2) is 70.5 Å². The molecule has 0 aliphatic heterocycles. The molecule has 2 aromatic carbocycles. The van der Waals surface area contributed by atoms with Gasteiger partial charge in [0.1, 0.15) is 34.0 Å². The Hall–Kier alpha value is -3.71. The highest BCUT2D eigenvalue weighted by Gasteiger charge is 2.37. The second-order valence-corrected chi connectivity index (χ2v) is 16.1. The molecule has 48 heavy (non-hydrogen) atoms. The van der Waals surface area contributed by atoms with Gasteiger partial charge in [0, 0.05) is 9.79 Å². The lowest BCUT2D eigenvalue weighted by Gasteiger charge is -2.29. The lowest BCUT2D eigenvalue weighted by atomic mass is 10.0. The summed E-state index contributed by atoms with van der Waals surface area (Å²) in [5.41, 5.74) is -1.56. The van der Waals surface area contributed by atoms with Crippen molar-refractivity contribution < 1.29 is 33.4 Å². The second-order valence-electron chi connectivity index (χ2n) is 13.8. The molecule has 264 valence electrons. The summed E-state index contributed by atoms with van der Waals surface area (Å²) in [6, 6.07) is 16.0. The molecule has 0 bridgehead atoms. The Balaban J connectivity index is 2.45. The van der Waals surface area contributed by atoms with E-state index in [2.05, 4.69) is 21.3 Å². The van der Waals surface area contributed by atoms with Crippen molar-refractivity contribution in [2.75, 3.05) is 0 Å². The van der Waals surface area contributed by atoms with Gasteiger partial charge < -0.3 is 30.7 Å². The van der Waals surface area contributed by atoms with Crippen molar-refractivity contribution in [1.29, 1.82) is 0 Å². The number of carbonyl (C=O) groups is 5. The van der Waals surface area contributed by atoms with Crippen LogP contribution in [-0.2, 0) is 23.9 Å². The molecule has 0 heterocycles. The van der Waals surface area contributed by atoms with Crippen LogP contribution < -0.4 is 21.3 Å². The van der Waals surface area contributed by atoms with Gasteiger partial charge >= 0.3 is 12.2 Å². The van der Waals surface area contributed by atoms with Crippen molar-refractivity contribution >= 4 is 53.3 Å². The number of amides is 4. The SMILES string of the molecule is CC(C)[C@H](NC(=O)OC(C)(C)C)C(=O)NC(Sc1ccccc1)C(=O)C(NC(=O)[C@@H](NC(=O)OC(C)(C)C)C(C)C)Sc1ccccc1. The van der Waals surface area contributed by atoms with Gasteiger partial charge in [0.15, 0.2) is 5.78 Å². The van der Waals surface area contributed by atoms with E-state index in [-0.39, 0.29) is 11.8 Å². The van der Waals surface area contributed by atoms with Crippen molar-refractivity contribution in [3.05, 3.63) is 60.7 Å². The van der Waals surface area contributed by atoms with Gasteiger partial charge in [0.2, 0.25) is 11.8 Å². The van der Waals surface area contributed by atoms with Crippen LogP contribution in [0.1, 0.15) is 69.2 Å². The molecule has 13 heteroatoms. The lowest BCUT2D eigenvalue weighted by molar-refractivity contribution is -0.129. The van der Waals surface area contributed by atoms with Crippen molar-refractivity contribution in [2.24, 2.45) is 11.8 Å². The summed E-state index contributed by atoms with van der Waals surface area (Å²) in [6.07, 6.45) is -1.53. The number of thioether (sulfide) groups is 2. The van der Waals surface area contributed by atoms with Crippen LogP contribution in [-0.4, -0.2) is 63.8 Å². The zero-order valence-electron chi connectivity index (χ0n) is 29.4. The van der Waals surface area contributed by atoms with E-state index >= 15 is 0 Å². The number of carbonyl (C=O) groups excluding carboxylic acids is 5. The summed E-state index contributed by atoms with van der Waals surface area (Å²) < 4.78 is 10.7. The molecule has 2 aromatic rings. The maximum absolute atomic E-state index is 14.4. The molecule has 0 aromatic heterocycles. The average Bonchev–Trinajstić information content (AvgIpc) is 2.96. The van der Waals surface area contributed by atoms with Crippen LogP contribution in [0.5, 0.6) is 0 Å². The van der Waals surface area contributed by atoms with E-state index in [4.69, 9.17) is 9.47 Å². The third kappa shape index (κ3) is 14.6. The Bertz CT molecular complexity index is 1270. The molecule has 4 atom stereocenters. The van der Waals surface area contributed by atoms with E-state index in [0.29, 0.717) is 9.79 Å². The largest absolute Gasteiger partial charge is 0.444 e. The third-order valence-corrected chi connectivity index (χ3v) is 8.56. The minimum Gasteiger partial charge on any atom is -0.444 e. The molecule has 0 aliphatic rings. The van der Waals surface area contributed by atoms with Gasteiger partial charge in [-0.3, -0.25) is 14.4 Å². The fraction of sp³-hybridized carbons (Fsp3) is 0.514. The van der Waals surface area contributed by atoms with Crippen LogP contribution in [0.2, 0.25) is 0 Å². The predicted octanol–water partition coefficient (Wildman–Crippen LogP) is 6.12. The van der Waals surface area contributed by atoms with Gasteiger partial charge in [-0.15, -0.1) is 0 Å². The Morgan fingerprint density at radius 2 is 0.854 bits per heavy atom. The molecule has 0 aliphatic carbocycles. The van der Waals surface area contributed by atoms with E-state index in [0.717, 1.165) is 23.5 Å². The number of ketones is 1. The predicted molar refractivity (Wildman–Crippen MR) is 189 cm³/mol. The molecule has 2 rings (SSSR count). The number of hydrogen-bond acceptors (Lipinski definition) is 9. The average molecular weight is 703 g/mol. The molecular formula is C35H50N4O7S2. The van der Waals surface area contributed by atoms with E-state index in [1.54, 1.807) is 118 Å². The number of ether oxygens (including phenoxy) is 2. The van der Waals surface area contributed by atoms with Crippen LogP contribution in [0.4, 0.5) is 9.59 Å². The molecule has 2 unspecified atom stereocenters. The number of hydrogen-bond donors (Lipinski definition) is 4. The first-order valence-corrected chi connectivity index (χ1v) is 17.6. The van der Waals surface area contributed by atoms with Crippen molar-refractivity contribution in [3.63, 3.8) is 0 Å². The van der Waals surface area contributed by atoms with Gasteiger partial charge in [-0.05, 0) is 77.6 Å². The smallest absolute Gasteiger partial charge is 0.408 e. The lowest BCUT2D eigenvalue weighted by Crippen LogP contribution is -2.57. The Labute approximate surface area is 292 Å². The highest BCUT2D eigenvalue weighted by atomic mass is 32.2. The number of nitrogens with one attached hydrogen (secondary N) is 4. The molecule has 0 fully saturated rings. The van der Waals surface area contributed by atoms with Crippen molar-refractivity contribution in [2.45, 2.75) is 113 Å². The van der Waals surface area contributed by atoms with Gasteiger partial charge in [-0.1, -0.05) is 87.6 Å². The maximum atomic E-state index is 14.4. The highest BCUT2D eigenvalue weighted by molar-refractivity contribution is 8.02. The van der Waals surface area contributed by atoms with Crippen molar-refractivity contribution in [1.82, 2.24) is 21.3 Å². The fourth-order valence-corrected chi connectivity index (χ4v) is 6.22. The van der Waals surface area contributed by atoms with Crippen LogP contribution in [0.3, 0.4) is 0 Å². The molecule has 0 spiro atoms. The van der Waals surface area contributed by atoms with Gasteiger partial charge in [0.05, 0.1) is 0 Å². The van der Waals surface area contributed by atoms with Crippen molar-refractivity contribution in [3.8, 4) is 0 Å². The molecule has 4 N–H and O–H groups in total. The van der Waals surface area contributed by atoms with E-state index in [9.17, 15) is 24.0 Å². The maximum Gasteiger partial charge on any atom is 0.408 e. The summed E-state index contributed by atoms with van der Waals surface area (Å²) in [5, 5.41) is 8.51. The molecule has 0 saturated carbocycles. The zero-order valence-corrected chi connectivity index (χ0v) is 31.0. The summed E-state index contributed by atoms with van der Waals surface area (Å²) in [7, 11) is 0. The van der Waals surface area contributed by atoms with E-state index < -0.39 is 63.8 Å². The molecule has 4 amide bonds. The van der Waals surface area contributed by atoms with E-state index in [1.807, 2.05) is 12.1 Å². The fourth-order valence-electron chi connectivity index (χ4n) is 4.10. The minimum atomic E-state index is -1.18. The monoisotopic (exact) mass is 702 g/mol. The zero-order chi connectivity index (χ0) is 36.2. The van der Waals surface area contributed by atoms with Gasteiger partial charge in [-0.2, -0.15) is 0 Å². The first-order chi connectivity index (χ1) is 22.3. The molecule has 0 radical (unpaired) electrons. The third-order valence-electron chi connectivity index (χ3n) is 6.30. The number of alkyl carbamates (subject to hydrolysis) is 2. The minimum absolute atomic E-state index is 0.352. The van der Waals surface area contributed by atoms with Crippen LogP contribution in [0, 0.1) is 11.8 Å².